The maximum Gasteiger partial charge on any atom is 0.312 e. The van der Waals surface area contributed by atoms with Gasteiger partial charge in [-0.25, -0.2) is 4.79 Å². The van der Waals surface area contributed by atoms with Crippen molar-refractivity contribution in [2.75, 3.05) is 0 Å². The summed E-state index contributed by atoms with van der Waals surface area (Å²) in [7, 11) is 0. The Kier molecular flexibility index (Phi) is 7.59. The first-order valence-corrected chi connectivity index (χ1v) is 9.30. The molecular weight excluding hydrogens is 415 g/mol. The van der Waals surface area contributed by atoms with Crippen molar-refractivity contribution in [3.05, 3.63) is 69.2 Å². The van der Waals surface area contributed by atoms with Crippen molar-refractivity contribution in [2.45, 2.75) is 19.5 Å². The van der Waals surface area contributed by atoms with Crippen LogP contribution in [0.2, 0.25) is 10.0 Å². The third-order valence-corrected chi connectivity index (χ3v) is 4.71. The van der Waals surface area contributed by atoms with Crippen molar-refractivity contribution in [3.63, 3.8) is 0 Å². The number of urea groups is 1. The third kappa shape index (κ3) is 5.95. The third-order valence-electron chi connectivity index (χ3n) is 4.15. The first-order valence-electron chi connectivity index (χ1n) is 8.54. The van der Waals surface area contributed by atoms with Crippen LogP contribution in [0.1, 0.15) is 34.5 Å². The Morgan fingerprint density at radius 3 is 2.34 bits per heavy atom. The van der Waals surface area contributed by atoms with E-state index in [-0.39, 0.29) is 12.1 Å². The number of carbonyl (C=O) groups excluding carboxylic acids is 3. The van der Waals surface area contributed by atoms with Gasteiger partial charge in [-0.2, -0.15) is 5.26 Å². The molecule has 0 aliphatic carbocycles. The molecular formula is C20H18Cl2N4O3. The Bertz CT molecular complexity index is 971. The summed E-state index contributed by atoms with van der Waals surface area (Å²) in [6, 6.07) is 11.6. The molecule has 0 aromatic heterocycles. The van der Waals surface area contributed by atoms with Crippen molar-refractivity contribution in [2.24, 2.45) is 11.7 Å². The number of Topliss-reactive ketones (excluding diaryl/α,β-unsaturated/α-hetero) is 1. The van der Waals surface area contributed by atoms with E-state index in [1.54, 1.807) is 43.3 Å². The molecule has 0 radical (unpaired) electrons. The van der Waals surface area contributed by atoms with Crippen LogP contribution >= 0.6 is 23.2 Å². The quantitative estimate of drug-likeness (QED) is 0.457. The summed E-state index contributed by atoms with van der Waals surface area (Å²) in [5.74, 6) is -2.87. The molecule has 0 heterocycles. The maximum absolute atomic E-state index is 12.6. The molecule has 29 heavy (non-hydrogen) atoms. The van der Waals surface area contributed by atoms with Crippen molar-refractivity contribution >= 4 is 40.9 Å². The maximum atomic E-state index is 12.6. The fraction of sp³-hybridized carbons (Fsp3) is 0.200. The number of nitriles is 1. The standard InChI is InChI=1S/C20H18Cl2N4O3/c1-11(15-7-6-14(21)8-17(15)22)26-19(28)16(9-23)18(27)13-4-2-12(3-5-13)10-25-20(24)29/h2-8,11,16H,10H2,1H3,(H,26,28)(H3,24,25,29). The van der Waals surface area contributed by atoms with E-state index in [9.17, 15) is 19.6 Å². The first kappa shape index (κ1) is 22.2. The number of nitrogens with zero attached hydrogens (tertiary/aromatic N) is 1. The summed E-state index contributed by atoms with van der Waals surface area (Å²) in [5.41, 5.74) is 6.53. The average Bonchev–Trinajstić information content (AvgIpc) is 2.67. The number of benzene rings is 2. The SMILES string of the molecule is CC(NC(=O)C(C#N)C(=O)c1ccc(CNC(N)=O)cc1)c1ccc(Cl)cc1Cl. The van der Waals surface area contributed by atoms with Gasteiger partial charge in [0, 0.05) is 22.2 Å². The van der Waals surface area contributed by atoms with Crippen LogP contribution in [0, 0.1) is 17.2 Å². The first-order chi connectivity index (χ1) is 13.7. The number of halogens is 2. The smallest absolute Gasteiger partial charge is 0.312 e. The Balaban J connectivity index is 2.09. The minimum atomic E-state index is -1.52. The van der Waals surface area contributed by atoms with Crippen molar-refractivity contribution in [1.29, 1.82) is 5.26 Å². The zero-order chi connectivity index (χ0) is 21.6. The van der Waals surface area contributed by atoms with E-state index in [1.165, 1.54) is 12.1 Å². The number of primary amides is 1. The van der Waals surface area contributed by atoms with Gasteiger partial charge in [-0.1, -0.05) is 53.5 Å². The lowest BCUT2D eigenvalue weighted by Gasteiger charge is -2.17. The van der Waals surface area contributed by atoms with Gasteiger partial charge in [0.1, 0.15) is 0 Å². The number of hydrogen-bond donors (Lipinski definition) is 3. The number of nitrogens with one attached hydrogen (secondary N) is 2. The summed E-state index contributed by atoms with van der Waals surface area (Å²) in [5, 5.41) is 15.2. The van der Waals surface area contributed by atoms with Crippen LogP contribution in [-0.2, 0) is 11.3 Å². The van der Waals surface area contributed by atoms with Crippen LogP contribution in [0.4, 0.5) is 4.79 Å². The molecule has 0 spiro atoms. The van der Waals surface area contributed by atoms with E-state index in [4.69, 9.17) is 28.9 Å². The number of rotatable bonds is 7. The highest BCUT2D eigenvalue weighted by molar-refractivity contribution is 6.35. The fourth-order valence-corrected chi connectivity index (χ4v) is 3.18. The van der Waals surface area contributed by atoms with E-state index in [0.29, 0.717) is 21.2 Å². The Hall–Kier alpha value is -3.08. The Morgan fingerprint density at radius 2 is 1.79 bits per heavy atom. The lowest BCUT2D eigenvalue weighted by molar-refractivity contribution is -0.122. The predicted molar refractivity (Wildman–Crippen MR) is 109 cm³/mol. The van der Waals surface area contributed by atoms with Crippen LogP contribution in [0.5, 0.6) is 0 Å². The second-order valence-electron chi connectivity index (χ2n) is 6.24. The van der Waals surface area contributed by atoms with Crippen molar-refractivity contribution in [1.82, 2.24) is 10.6 Å². The summed E-state index contributed by atoms with van der Waals surface area (Å²) < 4.78 is 0. The van der Waals surface area contributed by atoms with Gasteiger partial charge < -0.3 is 16.4 Å². The average molecular weight is 433 g/mol. The molecule has 0 fully saturated rings. The number of ketones is 1. The zero-order valence-corrected chi connectivity index (χ0v) is 16.9. The van der Waals surface area contributed by atoms with Crippen LogP contribution in [0.3, 0.4) is 0 Å². The molecule has 3 amide bonds. The van der Waals surface area contributed by atoms with Gasteiger partial charge >= 0.3 is 6.03 Å². The largest absolute Gasteiger partial charge is 0.352 e. The number of amides is 3. The highest BCUT2D eigenvalue weighted by Crippen LogP contribution is 2.26. The van der Waals surface area contributed by atoms with E-state index in [2.05, 4.69) is 10.6 Å². The molecule has 2 aromatic carbocycles. The van der Waals surface area contributed by atoms with E-state index in [0.717, 1.165) is 0 Å². The van der Waals surface area contributed by atoms with Crippen LogP contribution in [0.25, 0.3) is 0 Å². The zero-order valence-electron chi connectivity index (χ0n) is 15.4. The predicted octanol–water partition coefficient (Wildman–Crippen LogP) is 3.36. The highest BCUT2D eigenvalue weighted by Gasteiger charge is 2.29. The molecule has 2 rings (SSSR count). The van der Waals surface area contributed by atoms with E-state index in [1.807, 2.05) is 0 Å². The Morgan fingerprint density at radius 1 is 1.14 bits per heavy atom. The second kappa shape index (κ2) is 9.92. The molecule has 4 N–H and O–H groups in total. The molecule has 7 nitrogen and oxygen atoms in total. The van der Waals surface area contributed by atoms with E-state index >= 15 is 0 Å². The molecule has 0 aliphatic heterocycles. The molecule has 0 aliphatic rings. The summed E-state index contributed by atoms with van der Waals surface area (Å²) in [6.07, 6.45) is 0. The summed E-state index contributed by atoms with van der Waals surface area (Å²) in [6.45, 7) is 1.89. The lowest BCUT2D eigenvalue weighted by Crippen LogP contribution is -2.36. The second-order valence-corrected chi connectivity index (χ2v) is 7.08. The molecule has 0 saturated heterocycles. The lowest BCUT2D eigenvalue weighted by atomic mass is 9.96. The Labute approximate surface area is 177 Å². The number of carbonyl (C=O) groups is 3. The molecule has 150 valence electrons. The van der Waals surface area contributed by atoms with Gasteiger partial charge in [0.05, 0.1) is 12.1 Å². The van der Waals surface area contributed by atoms with Gasteiger partial charge in [0.25, 0.3) is 0 Å². The molecule has 2 aromatic rings. The molecule has 9 heteroatoms. The van der Waals surface area contributed by atoms with Crippen molar-refractivity contribution < 1.29 is 14.4 Å². The topological polar surface area (TPSA) is 125 Å². The van der Waals surface area contributed by atoms with Crippen LogP contribution in [0.15, 0.2) is 42.5 Å². The minimum absolute atomic E-state index is 0.200. The van der Waals surface area contributed by atoms with Gasteiger partial charge in [-0.05, 0) is 30.2 Å². The highest BCUT2D eigenvalue weighted by atomic mass is 35.5. The van der Waals surface area contributed by atoms with E-state index < -0.39 is 29.7 Å². The number of hydrogen-bond acceptors (Lipinski definition) is 4. The van der Waals surface area contributed by atoms with Gasteiger partial charge in [-0.3, -0.25) is 9.59 Å². The van der Waals surface area contributed by atoms with Crippen LogP contribution in [-0.4, -0.2) is 17.7 Å². The molecule has 0 saturated carbocycles. The summed E-state index contributed by atoms with van der Waals surface area (Å²) >= 11 is 12.0. The monoisotopic (exact) mass is 432 g/mol. The fourth-order valence-electron chi connectivity index (χ4n) is 2.61. The van der Waals surface area contributed by atoms with Crippen molar-refractivity contribution in [3.8, 4) is 6.07 Å². The molecule has 2 unspecified atom stereocenters. The normalized spacial score (nSPS) is 12.3. The van der Waals surface area contributed by atoms with Crippen LogP contribution < -0.4 is 16.4 Å². The number of nitrogens with two attached hydrogens (primary N) is 1. The van der Waals surface area contributed by atoms with Gasteiger partial charge in [0.2, 0.25) is 5.91 Å². The van der Waals surface area contributed by atoms with Gasteiger partial charge in [0.15, 0.2) is 11.7 Å². The summed E-state index contributed by atoms with van der Waals surface area (Å²) in [4.78, 5) is 35.9. The molecule has 2 atom stereocenters. The molecule has 0 bridgehead atoms. The minimum Gasteiger partial charge on any atom is -0.352 e. The van der Waals surface area contributed by atoms with Gasteiger partial charge in [-0.15, -0.1) is 0 Å².